The Morgan fingerprint density at radius 3 is 0.956 bits per heavy atom. The smallest absolute Gasteiger partial charge is 0.0725 e. The lowest BCUT2D eigenvalue weighted by atomic mass is 10.2. The molecule has 5 heteroatoms. The molecule has 0 N–H and O–H groups in total. The van der Waals surface area contributed by atoms with Crippen LogP contribution in [-0.4, -0.2) is 23.7 Å². The van der Waals surface area contributed by atoms with E-state index in [1.807, 2.05) is 24.8 Å². The minimum Gasteiger partial charge on any atom is -0.309 e. The second-order valence-corrected chi connectivity index (χ2v) is 11.6. The molecule has 45 heavy (non-hydrogen) atoms. The average Bonchev–Trinajstić information content (AvgIpc) is 3.74. The van der Waals surface area contributed by atoms with Gasteiger partial charge in [0.05, 0.1) is 62.6 Å². The third kappa shape index (κ3) is 3.38. The molecule has 0 bridgehead atoms. The molecule has 0 aliphatic heterocycles. The highest BCUT2D eigenvalue weighted by atomic mass is 15.0. The van der Waals surface area contributed by atoms with Crippen molar-refractivity contribution in [2.75, 3.05) is 0 Å². The summed E-state index contributed by atoms with van der Waals surface area (Å²) in [5.41, 5.74) is 10.0. The summed E-state index contributed by atoms with van der Waals surface area (Å²) in [6.07, 6.45) is 7.65. The Balaban J connectivity index is 1.38. The minimum absolute atomic E-state index is 1.05. The lowest BCUT2D eigenvalue weighted by Gasteiger charge is -2.17. The van der Waals surface area contributed by atoms with Crippen LogP contribution in [0.1, 0.15) is 0 Å². The number of pyridine rings is 2. The van der Waals surface area contributed by atoms with E-state index in [0.717, 1.165) is 38.9 Å². The number of hydrogen-bond acceptors (Lipinski definition) is 2. The van der Waals surface area contributed by atoms with Gasteiger partial charge in [-0.1, -0.05) is 72.8 Å². The number of hydrogen-bond donors (Lipinski definition) is 0. The summed E-state index contributed by atoms with van der Waals surface area (Å²) < 4.78 is 7.10. The van der Waals surface area contributed by atoms with Gasteiger partial charge in [-0.2, -0.15) is 0 Å². The van der Waals surface area contributed by atoms with Gasteiger partial charge in [-0.25, -0.2) is 0 Å². The molecule has 5 heterocycles. The molecule has 0 spiro atoms. The van der Waals surface area contributed by atoms with Crippen molar-refractivity contribution in [1.82, 2.24) is 23.7 Å². The molecule has 0 amide bonds. The van der Waals surface area contributed by atoms with Crippen LogP contribution < -0.4 is 0 Å². The van der Waals surface area contributed by atoms with Gasteiger partial charge in [-0.05, 0) is 54.6 Å². The first-order chi connectivity index (χ1) is 22.3. The van der Waals surface area contributed by atoms with Gasteiger partial charge in [0.1, 0.15) is 0 Å². The average molecular weight is 576 g/mol. The van der Waals surface area contributed by atoms with E-state index in [1.165, 1.54) is 43.6 Å². The van der Waals surface area contributed by atoms with Gasteiger partial charge in [0, 0.05) is 44.7 Å². The van der Waals surface area contributed by atoms with Crippen LogP contribution in [0.15, 0.2) is 152 Å². The van der Waals surface area contributed by atoms with Gasteiger partial charge in [-0.15, -0.1) is 0 Å². The molecule has 0 aliphatic rings. The van der Waals surface area contributed by atoms with E-state index < -0.39 is 0 Å². The zero-order chi connectivity index (χ0) is 29.5. The standard InChI is InChI=1S/C40H25N5/c1-5-13-35-29(9-1)30-10-2-6-14-36(30)43(35)26-21-27(44-37-15-7-3-11-31(37)32-12-4-8-16-38(32)44)23-28(22-26)45-39-24-41-19-17-33(39)34-18-20-42-25-40(34)45/h1-25H. The Labute approximate surface area is 257 Å². The zero-order valence-electron chi connectivity index (χ0n) is 24.2. The van der Waals surface area contributed by atoms with E-state index in [0.29, 0.717) is 0 Å². The lowest BCUT2D eigenvalue weighted by Crippen LogP contribution is -2.03. The van der Waals surface area contributed by atoms with Crippen LogP contribution in [0.4, 0.5) is 0 Å². The Morgan fingerprint density at radius 2 is 0.600 bits per heavy atom. The fourth-order valence-corrected chi connectivity index (χ4v) is 7.36. The lowest BCUT2D eigenvalue weighted by molar-refractivity contribution is 1.09. The Bertz CT molecular complexity index is 2300. The van der Waals surface area contributed by atoms with Crippen LogP contribution in [0.25, 0.3) is 82.5 Å². The first-order valence-electron chi connectivity index (χ1n) is 15.2. The van der Waals surface area contributed by atoms with Gasteiger partial charge in [0.15, 0.2) is 0 Å². The molecule has 5 aromatic carbocycles. The number of aromatic nitrogens is 5. The van der Waals surface area contributed by atoms with Crippen molar-refractivity contribution >= 4 is 65.4 Å². The summed E-state index contributed by atoms with van der Waals surface area (Å²) in [5, 5.41) is 7.26. The first-order valence-corrected chi connectivity index (χ1v) is 15.2. The van der Waals surface area contributed by atoms with Crippen molar-refractivity contribution in [1.29, 1.82) is 0 Å². The maximum atomic E-state index is 4.55. The second-order valence-electron chi connectivity index (χ2n) is 11.6. The molecule has 5 aromatic heterocycles. The van der Waals surface area contributed by atoms with Crippen molar-refractivity contribution < 1.29 is 0 Å². The third-order valence-electron chi connectivity index (χ3n) is 9.19. The molecule has 5 nitrogen and oxygen atoms in total. The Morgan fingerprint density at radius 1 is 0.311 bits per heavy atom. The molecule has 0 saturated heterocycles. The highest BCUT2D eigenvalue weighted by molar-refractivity contribution is 6.11. The van der Waals surface area contributed by atoms with Crippen molar-refractivity contribution in [3.05, 3.63) is 152 Å². The molecule has 0 atom stereocenters. The fraction of sp³-hybridized carbons (Fsp3) is 0. The van der Waals surface area contributed by atoms with Crippen LogP contribution in [0, 0.1) is 0 Å². The molecule has 0 fully saturated rings. The molecule has 0 radical (unpaired) electrons. The van der Waals surface area contributed by atoms with Crippen molar-refractivity contribution in [3.8, 4) is 17.1 Å². The van der Waals surface area contributed by atoms with Crippen LogP contribution in [0.3, 0.4) is 0 Å². The summed E-state index contributed by atoms with van der Waals surface area (Å²) in [4.78, 5) is 9.10. The van der Waals surface area contributed by atoms with E-state index in [9.17, 15) is 0 Å². The van der Waals surface area contributed by atoms with Crippen molar-refractivity contribution in [3.63, 3.8) is 0 Å². The molecule has 10 aromatic rings. The van der Waals surface area contributed by atoms with Gasteiger partial charge in [0.2, 0.25) is 0 Å². The number of nitrogens with zero attached hydrogens (tertiary/aromatic N) is 5. The SMILES string of the molecule is c1ccc2c(c1)c1ccccc1n2-c1cc(-n2c3ccccc3c3ccccc32)cc(-n2c3cnccc3c3ccncc32)c1. The predicted molar refractivity (Wildman–Crippen MR) is 185 cm³/mol. The maximum Gasteiger partial charge on any atom is 0.0725 e. The normalized spacial score (nSPS) is 12.0. The maximum absolute atomic E-state index is 4.55. The zero-order valence-corrected chi connectivity index (χ0v) is 24.2. The largest absolute Gasteiger partial charge is 0.309 e. The van der Waals surface area contributed by atoms with Crippen LogP contribution >= 0.6 is 0 Å². The summed E-state index contributed by atoms with van der Waals surface area (Å²) in [6.45, 7) is 0. The summed E-state index contributed by atoms with van der Waals surface area (Å²) >= 11 is 0. The molecule has 0 saturated carbocycles. The molecular weight excluding hydrogens is 550 g/mol. The van der Waals surface area contributed by atoms with Crippen molar-refractivity contribution in [2.24, 2.45) is 0 Å². The Hall–Kier alpha value is -6.20. The first kappa shape index (κ1) is 24.3. The Kier molecular flexibility index (Phi) is 4.93. The van der Waals surface area contributed by atoms with Gasteiger partial charge < -0.3 is 13.7 Å². The van der Waals surface area contributed by atoms with E-state index >= 15 is 0 Å². The van der Waals surface area contributed by atoms with Crippen LogP contribution in [-0.2, 0) is 0 Å². The number of para-hydroxylation sites is 4. The number of fused-ring (bicyclic) bond motifs is 9. The van der Waals surface area contributed by atoms with E-state index in [1.54, 1.807) is 0 Å². The summed E-state index contributed by atoms with van der Waals surface area (Å²) in [7, 11) is 0. The fourth-order valence-electron chi connectivity index (χ4n) is 7.36. The third-order valence-corrected chi connectivity index (χ3v) is 9.19. The minimum atomic E-state index is 1.05. The van der Waals surface area contributed by atoms with Crippen LogP contribution in [0.5, 0.6) is 0 Å². The molecule has 210 valence electrons. The van der Waals surface area contributed by atoms with Gasteiger partial charge in [-0.3, -0.25) is 9.97 Å². The van der Waals surface area contributed by atoms with Gasteiger partial charge >= 0.3 is 0 Å². The highest BCUT2D eigenvalue weighted by Gasteiger charge is 2.19. The second kappa shape index (κ2) is 9.15. The molecule has 0 aliphatic carbocycles. The van der Waals surface area contributed by atoms with E-state index in [4.69, 9.17) is 0 Å². The van der Waals surface area contributed by atoms with E-state index in [2.05, 4.69) is 151 Å². The molecule has 10 rings (SSSR count). The highest BCUT2D eigenvalue weighted by Crippen LogP contribution is 2.38. The summed E-state index contributed by atoms with van der Waals surface area (Å²) in [6, 6.07) is 45.9. The number of benzene rings is 5. The molecule has 0 unspecified atom stereocenters. The molecular formula is C40H25N5. The van der Waals surface area contributed by atoms with Gasteiger partial charge in [0.25, 0.3) is 0 Å². The van der Waals surface area contributed by atoms with Crippen molar-refractivity contribution in [2.45, 2.75) is 0 Å². The van der Waals surface area contributed by atoms with Crippen LogP contribution in [0.2, 0.25) is 0 Å². The number of rotatable bonds is 3. The van der Waals surface area contributed by atoms with E-state index in [-0.39, 0.29) is 0 Å². The predicted octanol–water partition coefficient (Wildman–Crippen LogP) is 9.77. The monoisotopic (exact) mass is 575 g/mol. The summed E-state index contributed by atoms with van der Waals surface area (Å²) in [5.74, 6) is 0. The topological polar surface area (TPSA) is 40.6 Å². The quantitative estimate of drug-likeness (QED) is 0.210.